The van der Waals surface area contributed by atoms with Gasteiger partial charge in [0.25, 0.3) is 11.8 Å². The molecular weight excluding hydrogens is 375 g/mol. The second-order valence-electron chi connectivity index (χ2n) is 7.62. The number of hydrogen-bond donors (Lipinski definition) is 0. The lowest BCUT2D eigenvalue weighted by molar-refractivity contribution is -0.0374. The number of morpholine rings is 1. The summed E-state index contributed by atoms with van der Waals surface area (Å²) >= 11 is 0. The van der Waals surface area contributed by atoms with E-state index < -0.39 is 0 Å². The Labute approximate surface area is 169 Å². The molecule has 4 rings (SSSR count). The summed E-state index contributed by atoms with van der Waals surface area (Å²) < 4.78 is 24.4. The lowest BCUT2D eigenvalue weighted by Crippen LogP contribution is -2.52. The van der Waals surface area contributed by atoms with Crippen molar-refractivity contribution in [2.24, 2.45) is 0 Å². The minimum Gasteiger partial charge on any atom is -0.459 e. The van der Waals surface area contributed by atoms with Gasteiger partial charge < -0.3 is 19.0 Å². The molecule has 29 heavy (non-hydrogen) atoms. The number of ether oxygens (including phenoxy) is 1. The molecule has 2 fully saturated rings. The van der Waals surface area contributed by atoms with Crippen LogP contribution in [0.2, 0.25) is 0 Å². The molecule has 0 bridgehead atoms. The van der Waals surface area contributed by atoms with Crippen LogP contribution in [0.5, 0.6) is 0 Å². The standard InChI is InChI=1S/C22H25FN2O4/c23-17-9-7-16(8-10-17)21(26)24-11-13-28-19(14-24)15-25(18-4-1-2-5-18)22(27)20-6-3-12-29-20/h3,6-10,12,18-19H,1-2,4-5,11,13-15H2. The summed E-state index contributed by atoms with van der Waals surface area (Å²) in [6.07, 6.45) is 5.38. The summed E-state index contributed by atoms with van der Waals surface area (Å²) in [5.74, 6) is -0.326. The van der Waals surface area contributed by atoms with Crippen LogP contribution in [0.3, 0.4) is 0 Å². The van der Waals surface area contributed by atoms with Crippen molar-refractivity contribution >= 4 is 11.8 Å². The van der Waals surface area contributed by atoms with Gasteiger partial charge >= 0.3 is 0 Å². The monoisotopic (exact) mass is 400 g/mol. The van der Waals surface area contributed by atoms with Crippen LogP contribution < -0.4 is 0 Å². The maximum atomic E-state index is 13.1. The molecule has 1 atom stereocenters. The number of nitrogens with zero attached hydrogens (tertiary/aromatic N) is 2. The first-order valence-corrected chi connectivity index (χ1v) is 10.1. The summed E-state index contributed by atoms with van der Waals surface area (Å²) in [6, 6.07) is 9.11. The first kappa shape index (κ1) is 19.6. The van der Waals surface area contributed by atoms with Crippen molar-refractivity contribution in [3.63, 3.8) is 0 Å². The van der Waals surface area contributed by atoms with Gasteiger partial charge in [-0.3, -0.25) is 9.59 Å². The van der Waals surface area contributed by atoms with E-state index in [-0.39, 0.29) is 29.8 Å². The molecular formula is C22H25FN2O4. The maximum absolute atomic E-state index is 13.1. The fourth-order valence-corrected chi connectivity index (χ4v) is 4.16. The predicted molar refractivity (Wildman–Crippen MR) is 104 cm³/mol. The molecule has 2 heterocycles. The lowest BCUT2D eigenvalue weighted by atomic mass is 10.1. The zero-order chi connectivity index (χ0) is 20.2. The average molecular weight is 400 g/mol. The number of hydrogen-bond acceptors (Lipinski definition) is 4. The number of carbonyl (C=O) groups excluding carboxylic acids is 2. The smallest absolute Gasteiger partial charge is 0.289 e. The third-order valence-corrected chi connectivity index (χ3v) is 5.68. The predicted octanol–water partition coefficient (Wildman–Crippen LogP) is 3.34. The van der Waals surface area contributed by atoms with Gasteiger partial charge in [0.2, 0.25) is 0 Å². The molecule has 1 aliphatic heterocycles. The minimum atomic E-state index is -0.370. The zero-order valence-electron chi connectivity index (χ0n) is 16.3. The Balaban J connectivity index is 1.45. The van der Waals surface area contributed by atoms with Crippen LogP contribution in [-0.2, 0) is 4.74 Å². The SMILES string of the molecule is O=C(c1ccc(F)cc1)N1CCOC(CN(C(=O)c2ccco2)C2CCCC2)C1. The largest absolute Gasteiger partial charge is 0.459 e. The van der Waals surface area contributed by atoms with E-state index in [1.165, 1.54) is 30.5 Å². The van der Waals surface area contributed by atoms with Crippen LogP contribution >= 0.6 is 0 Å². The fourth-order valence-electron chi connectivity index (χ4n) is 4.16. The molecule has 1 saturated heterocycles. The number of benzene rings is 1. The molecule has 1 aromatic heterocycles. The van der Waals surface area contributed by atoms with E-state index in [0.29, 0.717) is 37.6 Å². The van der Waals surface area contributed by atoms with E-state index >= 15 is 0 Å². The van der Waals surface area contributed by atoms with E-state index in [2.05, 4.69) is 0 Å². The van der Waals surface area contributed by atoms with Crippen molar-refractivity contribution in [3.05, 3.63) is 59.8 Å². The Bertz CT molecular complexity index is 831. The van der Waals surface area contributed by atoms with Crippen LogP contribution in [0.4, 0.5) is 4.39 Å². The third kappa shape index (κ3) is 4.50. The second-order valence-corrected chi connectivity index (χ2v) is 7.62. The van der Waals surface area contributed by atoms with Gasteiger partial charge in [-0.15, -0.1) is 0 Å². The van der Waals surface area contributed by atoms with E-state index in [0.717, 1.165) is 25.7 Å². The van der Waals surface area contributed by atoms with Crippen LogP contribution in [0.15, 0.2) is 47.1 Å². The Morgan fingerprint density at radius 1 is 1.14 bits per heavy atom. The highest BCUT2D eigenvalue weighted by Crippen LogP contribution is 2.26. The van der Waals surface area contributed by atoms with Crippen LogP contribution in [0.25, 0.3) is 0 Å². The highest BCUT2D eigenvalue weighted by atomic mass is 19.1. The molecule has 1 aromatic carbocycles. The van der Waals surface area contributed by atoms with Crippen molar-refractivity contribution < 1.29 is 23.1 Å². The molecule has 7 heteroatoms. The number of furan rings is 1. The average Bonchev–Trinajstić information content (AvgIpc) is 3.46. The van der Waals surface area contributed by atoms with Gasteiger partial charge in [0.1, 0.15) is 5.82 Å². The molecule has 1 saturated carbocycles. The van der Waals surface area contributed by atoms with Crippen molar-refractivity contribution in [2.45, 2.75) is 37.8 Å². The quantitative estimate of drug-likeness (QED) is 0.772. The Morgan fingerprint density at radius 3 is 2.59 bits per heavy atom. The topological polar surface area (TPSA) is 63.0 Å². The summed E-state index contributed by atoms with van der Waals surface area (Å²) in [5.41, 5.74) is 0.450. The van der Waals surface area contributed by atoms with E-state index in [4.69, 9.17) is 9.15 Å². The summed E-state index contributed by atoms with van der Waals surface area (Å²) in [5, 5.41) is 0. The molecule has 2 amide bonds. The zero-order valence-corrected chi connectivity index (χ0v) is 16.3. The Morgan fingerprint density at radius 2 is 1.90 bits per heavy atom. The molecule has 1 unspecified atom stereocenters. The van der Waals surface area contributed by atoms with Crippen LogP contribution in [-0.4, -0.2) is 60.0 Å². The van der Waals surface area contributed by atoms with Crippen molar-refractivity contribution in [3.8, 4) is 0 Å². The van der Waals surface area contributed by atoms with E-state index in [1.54, 1.807) is 17.0 Å². The maximum Gasteiger partial charge on any atom is 0.289 e. The van der Waals surface area contributed by atoms with Gasteiger partial charge in [-0.1, -0.05) is 12.8 Å². The summed E-state index contributed by atoms with van der Waals surface area (Å²) in [7, 11) is 0. The van der Waals surface area contributed by atoms with E-state index in [9.17, 15) is 14.0 Å². The molecule has 154 valence electrons. The van der Waals surface area contributed by atoms with Crippen LogP contribution in [0, 0.1) is 5.82 Å². The number of amides is 2. The number of carbonyl (C=O) groups is 2. The summed E-state index contributed by atoms with van der Waals surface area (Å²) in [6.45, 7) is 1.69. The molecule has 2 aromatic rings. The lowest BCUT2D eigenvalue weighted by Gasteiger charge is -2.37. The molecule has 1 aliphatic carbocycles. The normalized spacial score (nSPS) is 20.0. The highest BCUT2D eigenvalue weighted by Gasteiger charge is 2.33. The summed E-state index contributed by atoms with van der Waals surface area (Å²) in [4.78, 5) is 29.3. The molecule has 0 spiro atoms. The van der Waals surface area contributed by atoms with Gasteiger partial charge in [0, 0.05) is 31.2 Å². The number of halogens is 1. The Hall–Kier alpha value is -2.67. The van der Waals surface area contributed by atoms with Gasteiger partial charge in [0.15, 0.2) is 5.76 Å². The molecule has 6 nitrogen and oxygen atoms in total. The first-order valence-electron chi connectivity index (χ1n) is 10.1. The number of rotatable bonds is 5. The van der Waals surface area contributed by atoms with Crippen molar-refractivity contribution in [1.82, 2.24) is 9.80 Å². The van der Waals surface area contributed by atoms with Gasteiger partial charge in [-0.05, 0) is 49.2 Å². The highest BCUT2D eigenvalue weighted by molar-refractivity contribution is 5.94. The molecule has 2 aliphatic rings. The van der Waals surface area contributed by atoms with E-state index in [1.807, 2.05) is 4.90 Å². The second kappa shape index (κ2) is 8.78. The van der Waals surface area contributed by atoms with Crippen molar-refractivity contribution in [1.29, 1.82) is 0 Å². The Kier molecular flexibility index (Phi) is 5.94. The van der Waals surface area contributed by atoms with Crippen LogP contribution in [0.1, 0.15) is 46.6 Å². The molecule has 0 radical (unpaired) electrons. The van der Waals surface area contributed by atoms with Gasteiger partial charge in [-0.2, -0.15) is 0 Å². The van der Waals surface area contributed by atoms with Gasteiger partial charge in [0.05, 0.1) is 19.0 Å². The molecule has 0 N–H and O–H groups in total. The fraction of sp³-hybridized carbons (Fsp3) is 0.455. The van der Waals surface area contributed by atoms with Crippen molar-refractivity contribution in [2.75, 3.05) is 26.2 Å². The van der Waals surface area contributed by atoms with Gasteiger partial charge in [-0.25, -0.2) is 4.39 Å². The third-order valence-electron chi connectivity index (χ3n) is 5.68. The first-order chi connectivity index (χ1) is 14.1. The minimum absolute atomic E-state index is 0.132.